The molecule has 33 heavy (non-hydrogen) atoms. The fourth-order valence-corrected chi connectivity index (χ4v) is 4.55. The van der Waals surface area contributed by atoms with Gasteiger partial charge in [-0.2, -0.15) is 0 Å². The molecule has 0 spiro atoms. The van der Waals surface area contributed by atoms with Crippen LogP contribution < -0.4 is 10.6 Å². The number of aryl methyl sites for hydroxylation is 1. The van der Waals surface area contributed by atoms with Crippen molar-refractivity contribution in [2.45, 2.75) is 32.6 Å². The van der Waals surface area contributed by atoms with Crippen LogP contribution in [0.1, 0.15) is 28.4 Å². The summed E-state index contributed by atoms with van der Waals surface area (Å²) in [4.78, 5) is 49.4. The Morgan fingerprint density at radius 1 is 1.06 bits per heavy atom. The van der Waals surface area contributed by atoms with E-state index >= 15 is 0 Å². The molecule has 5 rings (SSSR count). The van der Waals surface area contributed by atoms with Crippen molar-refractivity contribution in [2.24, 2.45) is 10.7 Å². The van der Waals surface area contributed by atoms with Gasteiger partial charge in [-0.3, -0.25) is 19.4 Å². The second-order valence-electron chi connectivity index (χ2n) is 8.46. The number of allylic oxidation sites excluding steroid dienone is 1. The van der Waals surface area contributed by atoms with Gasteiger partial charge in [0.15, 0.2) is 12.2 Å². The summed E-state index contributed by atoms with van der Waals surface area (Å²) in [6, 6.07) is 13.6. The van der Waals surface area contributed by atoms with E-state index in [0.29, 0.717) is 11.5 Å². The van der Waals surface area contributed by atoms with Gasteiger partial charge in [0.25, 0.3) is 5.91 Å². The second-order valence-corrected chi connectivity index (χ2v) is 8.46. The Morgan fingerprint density at radius 3 is 2.42 bits per heavy atom. The average Bonchev–Trinajstić information content (AvgIpc) is 3.31. The van der Waals surface area contributed by atoms with Gasteiger partial charge in [0.1, 0.15) is 0 Å². The Hall–Kier alpha value is -4.14. The first-order chi connectivity index (χ1) is 15.8. The summed E-state index contributed by atoms with van der Waals surface area (Å²) < 4.78 is 0. The first-order valence-electron chi connectivity index (χ1n) is 10.6. The lowest BCUT2D eigenvalue weighted by Gasteiger charge is -2.40. The van der Waals surface area contributed by atoms with Gasteiger partial charge in [-0.1, -0.05) is 24.3 Å². The standard InChI is InChI=1S/C24H24N6O3/c1-14-6-4-5-7-17(14)13-29-22(32)19-21(27(3)24(29)33)26-23-28(19)12-15(2)30(23)18-10-8-16(9-11-18)20(25)31/h4-12,19,21H,13H2,1-3H3,(H2,25,31). The molecule has 3 heterocycles. The number of amides is 4. The lowest BCUT2D eigenvalue weighted by atomic mass is 10.1. The van der Waals surface area contributed by atoms with Crippen molar-refractivity contribution >= 4 is 29.5 Å². The van der Waals surface area contributed by atoms with Crippen LogP contribution in [0.2, 0.25) is 0 Å². The molecule has 2 unspecified atom stereocenters. The Labute approximate surface area is 191 Å². The predicted octanol–water partition coefficient (Wildman–Crippen LogP) is 2.24. The zero-order valence-corrected chi connectivity index (χ0v) is 18.6. The number of primary amides is 1. The summed E-state index contributed by atoms with van der Waals surface area (Å²) in [5.74, 6) is -0.208. The van der Waals surface area contributed by atoms with Gasteiger partial charge in [0.2, 0.25) is 11.9 Å². The number of anilines is 1. The van der Waals surface area contributed by atoms with E-state index in [0.717, 1.165) is 22.5 Å². The van der Waals surface area contributed by atoms with Gasteiger partial charge < -0.3 is 15.5 Å². The van der Waals surface area contributed by atoms with Gasteiger partial charge in [0, 0.05) is 30.2 Å². The van der Waals surface area contributed by atoms with E-state index in [2.05, 4.69) is 0 Å². The van der Waals surface area contributed by atoms with Crippen LogP contribution in [0.4, 0.5) is 10.5 Å². The third-order valence-electron chi connectivity index (χ3n) is 6.39. The highest BCUT2D eigenvalue weighted by molar-refractivity contribution is 6.10. The molecule has 4 amide bonds. The molecular formula is C24H24N6O3. The number of guanidine groups is 1. The number of carbonyl (C=O) groups excluding carboxylic acids is 3. The van der Waals surface area contributed by atoms with Crippen molar-refractivity contribution in [1.29, 1.82) is 0 Å². The average molecular weight is 444 g/mol. The highest BCUT2D eigenvalue weighted by Gasteiger charge is 2.54. The summed E-state index contributed by atoms with van der Waals surface area (Å²) in [5.41, 5.74) is 9.37. The minimum Gasteiger partial charge on any atom is -0.366 e. The van der Waals surface area contributed by atoms with Crippen molar-refractivity contribution in [3.05, 3.63) is 77.1 Å². The molecule has 0 radical (unpaired) electrons. The van der Waals surface area contributed by atoms with E-state index in [1.165, 1.54) is 9.80 Å². The molecule has 9 nitrogen and oxygen atoms in total. The molecule has 168 valence electrons. The summed E-state index contributed by atoms with van der Waals surface area (Å²) >= 11 is 0. The van der Waals surface area contributed by atoms with Crippen molar-refractivity contribution in [3.63, 3.8) is 0 Å². The van der Waals surface area contributed by atoms with E-state index in [9.17, 15) is 14.4 Å². The number of likely N-dealkylation sites (N-methyl/N-ethyl adjacent to an activating group) is 1. The number of nitrogens with two attached hydrogens (primary N) is 1. The maximum atomic E-state index is 13.6. The number of nitrogens with zero attached hydrogens (tertiary/aromatic N) is 5. The van der Waals surface area contributed by atoms with Crippen LogP contribution in [0.25, 0.3) is 0 Å². The number of fused-ring (bicyclic) bond motifs is 3. The quantitative estimate of drug-likeness (QED) is 0.779. The first kappa shape index (κ1) is 20.7. The van der Waals surface area contributed by atoms with Gasteiger partial charge in [-0.15, -0.1) is 0 Å². The number of hydrogen-bond acceptors (Lipinski definition) is 6. The van der Waals surface area contributed by atoms with Crippen LogP contribution >= 0.6 is 0 Å². The van der Waals surface area contributed by atoms with Crippen molar-refractivity contribution < 1.29 is 14.4 Å². The van der Waals surface area contributed by atoms with E-state index in [-0.39, 0.29) is 18.5 Å². The molecule has 0 aromatic heterocycles. The Bertz CT molecular complexity index is 1240. The van der Waals surface area contributed by atoms with Crippen LogP contribution in [0.15, 0.2) is 65.4 Å². The normalized spacial score (nSPS) is 21.8. The van der Waals surface area contributed by atoms with Crippen LogP contribution in [0.5, 0.6) is 0 Å². The number of benzene rings is 2. The zero-order valence-electron chi connectivity index (χ0n) is 18.6. The molecule has 3 aliphatic rings. The van der Waals surface area contributed by atoms with E-state index in [1.807, 2.05) is 54.1 Å². The smallest absolute Gasteiger partial charge is 0.328 e. The van der Waals surface area contributed by atoms with Crippen molar-refractivity contribution in [2.75, 3.05) is 11.9 Å². The lowest BCUT2D eigenvalue weighted by Crippen LogP contribution is -2.63. The first-order valence-corrected chi connectivity index (χ1v) is 10.6. The molecule has 2 N–H and O–H groups in total. The van der Waals surface area contributed by atoms with E-state index in [4.69, 9.17) is 10.7 Å². The molecule has 2 aromatic carbocycles. The molecular weight excluding hydrogens is 420 g/mol. The van der Waals surface area contributed by atoms with E-state index in [1.54, 1.807) is 31.3 Å². The van der Waals surface area contributed by atoms with Crippen LogP contribution in [0.3, 0.4) is 0 Å². The molecule has 1 saturated heterocycles. The van der Waals surface area contributed by atoms with Crippen molar-refractivity contribution in [1.82, 2.24) is 14.7 Å². The topological polar surface area (TPSA) is 103 Å². The maximum absolute atomic E-state index is 13.6. The number of hydrogen-bond donors (Lipinski definition) is 1. The molecule has 0 bridgehead atoms. The maximum Gasteiger partial charge on any atom is 0.328 e. The van der Waals surface area contributed by atoms with Gasteiger partial charge in [-0.25, -0.2) is 9.79 Å². The third kappa shape index (κ3) is 3.15. The zero-order chi connectivity index (χ0) is 23.4. The summed E-state index contributed by atoms with van der Waals surface area (Å²) in [7, 11) is 1.67. The van der Waals surface area contributed by atoms with Crippen LogP contribution in [0, 0.1) is 6.92 Å². The predicted molar refractivity (Wildman–Crippen MR) is 123 cm³/mol. The highest BCUT2D eigenvalue weighted by Crippen LogP contribution is 2.37. The number of imide groups is 1. The number of rotatable bonds is 4. The molecule has 0 saturated carbocycles. The SMILES string of the molecule is CC1=CN2C(=NC3C2C(=O)N(Cc2ccccc2C)C(=O)N3C)N1c1ccc(C(N)=O)cc1. The second kappa shape index (κ2) is 7.47. The molecule has 2 aromatic rings. The summed E-state index contributed by atoms with van der Waals surface area (Å²) in [5, 5.41) is 0. The van der Waals surface area contributed by atoms with Gasteiger partial charge in [0.05, 0.1) is 6.54 Å². The van der Waals surface area contributed by atoms with Gasteiger partial charge >= 0.3 is 6.03 Å². The third-order valence-corrected chi connectivity index (χ3v) is 6.39. The summed E-state index contributed by atoms with van der Waals surface area (Å²) in [6.45, 7) is 4.10. The Kier molecular flexibility index (Phi) is 4.70. The minimum absolute atomic E-state index is 0.210. The Balaban J connectivity index is 1.46. The summed E-state index contributed by atoms with van der Waals surface area (Å²) in [6.07, 6.45) is 1.25. The van der Waals surface area contributed by atoms with Crippen molar-refractivity contribution in [3.8, 4) is 0 Å². The fourth-order valence-electron chi connectivity index (χ4n) is 4.55. The number of carbonyl (C=O) groups is 3. The molecule has 0 aliphatic carbocycles. The van der Waals surface area contributed by atoms with Gasteiger partial charge in [-0.05, 0) is 49.2 Å². The largest absolute Gasteiger partial charge is 0.366 e. The molecule has 3 aliphatic heterocycles. The fraction of sp³-hybridized carbons (Fsp3) is 0.250. The molecule has 9 heteroatoms. The lowest BCUT2D eigenvalue weighted by molar-refractivity contribution is -0.137. The Morgan fingerprint density at radius 2 is 1.76 bits per heavy atom. The monoisotopic (exact) mass is 444 g/mol. The molecule has 1 fully saturated rings. The van der Waals surface area contributed by atoms with Crippen LogP contribution in [-0.4, -0.2) is 57.8 Å². The number of aliphatic imine (C=N–C) groups is 1. The highest BCUT2D eigenvalue weighted by atomic mass is 16.2. The molecule has 2 atom stereocenters. The minimum atomic E-state index is -0.642. The van der Waals surface area contributed by atoms with E-state index < -0.39 is 18.1 Å². The van der Waals surface area contributed by atoms with Crippen LogP contribution in [-0.2, 0) is 11.3 Å². The number of urea groups is 1.